The number of ether oxygens (including phenoxy) is 6. The number of carboxylic acid groups (broad SMARTS) is 1. The Kier molecular flexibility index (Phi) is 75.7. The van der Waals surface area contributed by atoms with Gasteiger partial charge in [-0.1, -0.05) is 97.7 Å². The first-order valence-corrected chi connectivity index (χ1v) is 20.9. The van der Waals surface area contributed by atoms with Crippen LogP contribution in [-0.2, 0) is 47.6 Å². The number of aliphatic carboxylic acids is 1. The van der Waals surface area contributed by atoms with Gasteiger partial charge in [-0.3, -0.25) is 24.2 Å². The molecule has 352 valence electrons. The van der Waals surface area contributed by atoms with Crippen molar-refractivity contribution < 1.29 is 52.7 Å². The standard InChI is InChI=1S/C22H46N4O9.C7H8.C4H11N3.C2H4O2.3C2H6/c1-2-3-4-24-5-8-34-19-21(27)25-6-9-29-11-13-31-15-17-33-18-16-32-14-12-30-10-7-26-22(28)20-35-23;1-7-5-3-2-4-6-7;1-2-3-7-4(5)6;1-2(3)4;3*1-2/h24H,2-20,23H2,1H3,(H,25,27)(H,26,28);2-6H,1H3;2-3H2,1H3,(H4,5,6,7);1H3,(H,3,4);3*1-2H3. The van der Waals surface area contributed by atoms with Crippen LogP contribution in [0.2, 0.25) is 0 Å². The van der Waals surface area contributed by atoms with Crippen LogP contribution in [0.15, 0.2) is 35.3 Å². The van der Waals surface area contributed by atoms with Crippen molar-refractivity contribution in [2.45, 2.75) is 88.5 Å². The van der Waals surface area contributed by atoms with Crippen molar-refractivity contribution in [3.05, 3.63) is 35.9 Å². The number of guanidine groups is 1. The lowest BCUT2D eigenvalue weighted by atomic mass is 10.2. The van der Waals surface area contributed by atoms with Crippen LogP contribution in [0.1, 0.15) is 87.1 Å². The Balaban J connectivity index is -0.000000235. The van der Waals surface area contributed by atoms with Crippen molar-refractivity contribution in [2.75, 3.05) is 119 Å². The molecule has 0 spiro atoms. The molecule has 18 heteroatoms. The van der Waals surface area contributed by atoms with Crippen LogP contribution in [0.3, 0.4) is 0 Å². The maximum absolute atomic E-state index is 11.6. The highest BCUT2D eigenvalue weighted by Crippen LogP contribution is 1.92. The largest absolute Gasteiger partial charge is 0.481 e. The maximum Gasteiger partial charge on any atom is 0.300 e. The molecule has 2 amide bonds. The molecule has 0 saturated heterocycles. The number of amides is 2. The lowest BCUT2D eigenvalue weighted by Crippen LogP contribution is -2.32. The minimum atomic E-state index is -0.833. The van der Waals surface area contributed by atoms with E-state index in [1.165, 1.54) is 5.56 Å². The van der Waals surface area contributed by atoms with E-state index in [0.717, 1.165) is 45.8 Å². The second-order valence-corrected chi connectivity index (χ2v) is 10.7. The van der Waals surface area contributed by atoms with Crippen molar-refractivity contribution in [2.24, 2.45) is 22.4 Å². The lowest BCUT2D eigenvalue weighted by Gasteiger charge is -2.09. The van der Waals surface area contributed by atoms with Gasteiger partial charge in [-0.15, -0.1) is 0 Å². The van der Waals surface area contributed by atoms with Gasteiger partial charge in [-0.05, 0) is 26.3 Å². The zero-order chi connectivity index (χ0) is 46.0. The van der Waals surface area contributed by atoms with Crippen LogP contribution in [0.4, 0.5) is 0 Å². The van der Waals surface area contributed by atoms with E-state index in [2.05, 4.69) is 51.8 Å². The van der Waals surface area contributed by atoms with Crippen molar-refractivity contribution >= 4 is 23.7 Å². The summed E-state index contributed by atoms with van der Waals surface area (Å²) in [5.41, 5.74) is 11.3. The van der Waals surface area contributed by atoms with E-state index in [1.807, 2.05) is 66.7 Å². The Bertz CT molecular complexity index is 961. The van der Waals surface area contributed by atoms with Crippen LogP contribution in [0.25, 0.3) is 0 Å². The minimum Gasteiger partial charge on any atom is -0.481 e. The van der Waals surface area contributed by atoms with Crippen molar-refractivity contribution in [1.29, 1.82) is 0 Å². The molecular weight excluding hydrogens is 766 g/mol. The molecule has 1 aromatic carbocycles. The number of aryl methyl sites for hydroxylation is 1. The van der Waals surface area contributed by atoms with E-state index < -0.39 is 5.97 Å². The Labute approximate surface area is 357 Å². The quantitative estimate of drug-likeness (QED) is 0.0253. The van der Waals surface area contributed by atoms with E-state index >= 15 is 0 Å². The molecule has 0 bridgehead atoms. The Morgan fingerprint density at radius 2 is 1.00 bits per heavy atom. The minimum absolute atomic E-state index is 0.0603. The van der Waals surface area contributed by atoms with Gasteiger partial charge in [0.25, 0.3) is 5.97 Å². The summed E-state index contributed by atoms with van der Waals surface area (Å²) in [6, 6.07) is 10.3. The molecule has 0 saturated carbocycles. The molecule has 0 aliphatic carbocycles. The van der Waals surface area contributed by atoms with E-state index in [1.54, 1.807) is 0 Å². The number of benzene rings is 1. The van der Waals surface area contributed by atoms with Crippen LogP contribution in [0.5, 0.6) is 0 Å². The number of carbonyl (C=O) groups excluding carboxylic acids is 2. The fourth-order valence-electron chi connectivity index (χ4n) is 3.20. The van der Waals surface area contributed by atoms with Crippen LogP contribution < -0.4 is 33.3 Å². The van der Waals surface area contributed by atoms with Crippen molar-refractivity contribution in [3.63, 3.8) is 0 Å². The number of nitrogens with one attached hydrogen (secondary N) is 3. The molecule has 0 fully saturated rings. The monoisotopic (exact) mass is 854 g/mol. The van der Waals surface area contributed by atoms with Crippen LogP contribution >= 0.6 is 0 Å². The predicted molar refractivity (Wildman–Crippen MR) is 238 cm³/mol. The second kappa shape index (κ2) is 66.4. The number of carbonyl (C=O) groups is 3. The summed E-state index contributed by atoms with van der Waals surface area (Å²) in [5.74, 6) is 3.70. The smallest absolute Gasteiger partial charge is 0.300 e. The van der Waals surface area contributed by atoms with Gasteiger partial charge in [0.15, 0.2) is 5.96 Å². The van der Waals surface area contributed by atoms with Gasteiger partial charge in [0, 0.05) is 33.1 Å². The molecule has 0 aromatic heterocycles. The molecule has 0 unspecified atom stereocenters. The highest BCUT2D eigenvalue weighted by atomic mass is 16.6. The Morgan fingerprint density at radius 3 is 1.32 bits per heavy atom. The third-order valence-electron chi connectivity index (χ3n) is 5.66. The van der Waals surface area contributed by atoms with Gasteiger partial charge in [0.05, 0.1) is 72.7 Å². The van der Waals surface area contributed by atoms with E-state index in [-0.39, 0.29) is 31.0 Å². The normalized spacial score (nSPS) is 9.27. The van der Waals surface area contributed by atoms with Gasteiger partial charge >= 0.3 is 0 Å². The summed E-state index contributed by atoms with van der Waals surface area (Å²) < 4.78 is 32.2. The summed E-state index contributed by atoms with van der Waals surface area (Å²) in [7, 11) is 0. The number of hydrogen-bond acceptors (Lipinski definition) is 13. The Hall–Kier alpha value is -3.46. The topological polar surface area (TPSA) is 263 Å². The molecule has 59 heavy (non-hydrogen) atoms. The number of unbranched alkanes of at least 4 members (excludes halogenated alkanes) is 1. The Morgan fingerprint density at radius 1 is 0.610 bits per heavy atom. The van der Waals surface area contributed by atoms with Crippen LogP contribution in [0, 0.1) is 6.92 Å². The molecule has 1 rings (SSSR count). The highest BCUT2D eigenvalue weighted by Gasteiger charge is 2.01. The number of rotatable bonds is 30. The third-order valence-corrected chi connectivity index (χ3v) is 5.66. The van der Waals surface area contributed by atoms with Crippen molar-refractivity contribution in [3.8, 4) is 0 Å². The first-order valence-electron chi connectivity index (χ1n) is 20.9. The molecule has 0 radical (unpaired) electrons. The molecule has 10 N–H and O–H groups in total. The zero-order valence-electron chi connectivity index (χ0n) is 38.4. The second-order valence-electron chi connectivity index (χ2n) is 10.7. The molecule has 0 aliphatic heterocycles. The average molecular weight is 854 g/mol. The molecule has 0 heterocycles. The number of nitrogens with two attached hydrogens (primary N) is 3. The molecule has 0 atom stereocenters. The molecule has 1 aromatic rings. The SMILES string of the molecule is CC.CC.CC.CC(=O)O.CCCCNCCOCC(=O)NCCOCCOCCOCCOCCOCCNC(=O)CON.CCCN=C(N)N.Cc1ccccc1. The highest BCUT2D eigenvalue weighted by molar-refractivity contribution is 5.77. The summed E-state index contributed by atoms with van der Waals surface area (Å²) in [6.45, 7) is 27.5. The van der Waals surface area contributed by atoms with Crippen molar-refractivity contribution in [1.82, 2.24) is 16.0 Å². The van der Waals surface area contributed by atoms with Gasteiger partial charge in [-0.2, -0.15) is 0 Å². The number of hydrogen-bond donors (Lipinski definition) is 7. The van der Waals surface area contributed by atoms with Crippen LogP contribution in [-0.4, -0.2) is 147 Å². The molecule has 18 nitrogen and oxygen atoms in total. The zero-order valence-corrected chi connectivity index (χ0v) is 38.4. The first kappa shape index (κ1) is 67.3. The number of nitrogens with zero attached hydrogens (tertiary/aromatic N) is 1. The fourth-order valence-corrected chi connectivity index (χ4v) is 3.20. The fraction of sp³-hybridized carbons (Fsp3) is 0.756. The van der Waals surface area contributed by atoms with E-state index in [4.69, 9.17) is 55.7 Å². The van der Waals surface area contributed by atoms with Gasteiger partial charge in [0.2, 0.25) is 11.8 Å². The maximum atomic E-state index is 11.6. The lowest BCUT2D eigenvalue weighted by molar-refractivity contribution is -0.134. The van der Waals surface area contributed by atoms with E-state index in [0.29, 0.717) is 85.8 Å². The predicted octanol–water partition coefficient (Wildman–Crippen LogP) is 3.43. The molecular formula is C41H87N7O11. The summed E-state index contributed by atoms with van der Waals surface area (Å²) >= 11 is 0. The average Bonchev–Trinajstić information content (AvgIpc) is 3.23. The number of aliphatic imine (C=N–C) groups is 1. The third kappa shape index (κ3) is 83.2. The van der Waals surface area contributed by atoms with Gasteiger partial charge in [0.1, 0.15) is 13.2 Å². The summed E-state index contributed by atoms with van der Waals surface area (Å²) in [5, 5.41) is 16.0. The first-order chi connectivity index (χ1) is 28.6. The summed E-state index contributed by atoms with van der Waals surface area (Å²) in [4.78, 5) is 39.6. The van der Waals surface area contributed by atoms with Gasteiger partial charge < -0.3 is 60.9 Å². The van der Waals surface area contributed by atoms with E-state index in [9.17, 15) is 9.59 Å². The van der Waals surface area contributed by atoms with Gasteiger partial charge in [-0.25, -0.2) is 5.90 Å². The molecule has 0 aliphatic rings. The summed E-state index contributed by atoms with van der Waals surface area (Å²) in [6.07, 6.45) is 3.30. The number of carboxylic acids is 1.